The Balaban J connectivity index is 0.000000126. The van der Waals surface area contributed by atoms with Crippen molar-refractivity contribution in [2.24, 2.45) is 0 Å². The zero-order chi connectivity index (χ0) is 32.6. The number of aromatic nitrogens is 2. The first-order valence-electron chi connectivity index (χ1n) is 17.2. The van der Waals surface area contributed by atoms with Gasteiger partial charge in [0.2, 0.25) is 5.36 Å². The fraction of sp³-hybridized carbons (Fsp3) is 0.333. The number of benzene rings is 4. The van der Waals surface area contributed by atoms with Crippen LogP contribution in [0.25, 0.3) is 44.4 Å². The number of carboxylic acid groups (broad SMARTS) is 1. The molecule has 5 aliphatic heterocycles. The van der Waals surface area contributed by atoms with Gasteiger partial charge in [-0.25, -0.2) is 14.5 Å². The smallest absolute Gasteiger partial charge is 0.300 e. The van der Waals surface area contributed by atoms with Crippen LogP contribution in [0.2, 0.25) is 0 Å². The summed E-state index contributed by atoms with van der Waals surface area (Å²) in [6, 6.07) is 28.3. The number of aliphatic carboxylic acids is 1. The first-order valence-corrected chi connectivity index (χ1v) is 17.2. The molecule has 0 spiro atoms. The van der Waals surface area contributed by atoms with Gasteiger partial charge in [-0.15, -0.1) is 0 Å². The molecule has 0 unspecified atom stereocenters. The molecule has 3 aromatic carbocycles. The summed E-state index contributed by atoms with van der Waals surface area (Å²) in [7, 11) is 0. The van der Waals surface area contributed by atoms with Gasteiger partial charge in [0.1, 0.15) is 24.3 Å². The van der Waals surface area contributed by atoms with Gasteiger partial charge < -0.3 is 24.2 Å². The molecule has 244 valence electrons. The lowest BCUT2D eigenvalue weighted by atomic mass is 10.1. The molecule has 0 amide bonds. The SMILES string of the molecule is CC(=O)O.c1cc2cc3ccc(N4CCC4)cc3nc2cc1N1CCC1.c1cc2nc3ccc(=[N+]4CCC4)cc-3oc2cc1N1CCC1. The average Bonchev–Trinajstić information content (AvgIpc) is 2.96. The van der Waals surface area contributed by atoms with Crippen LogP contribution in [0, 0.1) is 0 Å². The predicted molar refractivity (Wildman–Crippen MR) is 193 cm³/mol. The molecule has 48 heavy (non-hydrogen) atoms. The Morgan fingerprint density at radius 1 is 0.646 bits per heavy atom. The van der Waals surface area contributed by atoms with E-state index in [1.807, 2.05) is 0 Å². The Morgan fingerprint density at radius 2 is 1.19 bits per heavy atom. The lowest BCUT2D eigenvalue weighted by molar-refractivity contribution is -0.134. The summed E-state index contributed by atoms with van der Waals surface area (Å²) in [5.74, 6) is 0.0395. The summed E-state index contributed by atoms with van der Waals surface area (Å²) in [6.07, 6.45) is 5.18. The van der Waals surface area contributed by atoms with Crippen LogP contribution in [0.5, 0.6) is 0 Å². The maximum atomic E-state index is 9.00. The van der Waals surface area contributed by atoms with Gasteiger partial charge in [-0.3, -0.25) is 4.79 Å². The number of hydrogen-bond acceptors (Lipinski definition) is 7. The van der Waals surface area contributed by atoms with Crippen LogP contribution < -0.4 is 24.6 Å². The molecule has 9 heteroatoms. The highest BCUT2D eigenvalue weighted by atomic mass is 16.4. The molecule has 0 bridgehead atoms. The molecule has 4 saturated heterocycles. The summed E-state index contributed by atoms with van der Waals surface area (Å²) in [4.78, 5) is 25.9. The molecule has 0 atom stereocenters. The van der Waals surface area contributed by atoms with E-state index in [1.54, 1.807) is 0 Å². The molecule has 0 radical (unpaired) electrons. The van der Waals surface area contributed by atoms with Crippen molar-refractivity contribution in [2.45, 2.75) is 32.6 Å². The van der Waals surface area contributed by atoms with Gasteiger partial charge in [-0.2, -0.15) is 0 Å². The first kappa shape index (κ1) is 30.2. The predicted octanol–water partition coefficient (Wildman–Crippen LogP) is 6.22. The van der Waals surface area contributed by atoms with Gasteiger partial charge in [0.15, 0.2) is 11.3 Å². The fourth-order valence-electron chi connectivity index (χ4n) is 6.49. The number of pyridine rings is 1. The van der Waals surface area contributed by atoms with Gasteiger partial charge >= 0.3 is 0 Å². The van der Waals surface area contributed by atoms with Crippen LogP contribution in [0.1, 0.15) is 32.6 Å². The molecule has 1 aliphatic carbocycles. The Morgan fingerprint density at radius 3 is 1.69 bits per heavy atom. The summed E-state index contributed by atoms with van der Waals surface area (Å²) in [5.41, 5.74) is 8.80. The van der Waals surface area contributed by atoms with E-state index in [0.717, 1.165) is 66.7 Å². The minimum Gasteiger partial charge on any atom is -0.481 e. The van der Waals surface area contributed by atoms with E-state index in [4.69, 9.17) is 24.3 Å². The highest BCUT2D eigenvalue weighted by Crippen LogP contribution is 2.31. The van der Waals surface area contributed by atoms with Crippen molar-refractivity contribution >= 4 is 55.9 Å². The number of anilines is 3. The number of rotatable bonds is 3. The Hall–Kier alpha value is -5.18. The summed E-state index contributed by atoms with van der Waals surface area (Å²) < 4.78 is 8.52. The lowest BCUT2D eigenvalue weighted by Crippen LogP contribution is -2.40. The molecule has 0 saturated carbocycles. The molecule has 6 aliphatic rings. The third kappa shape index (κ3) is 6.12. The van der Waals surface area contributed by atoms with Gasteiger partial charge in [0.25, 0.3) is 5.97 Å². The summed E-state index contributed by atoms with van der Waals surface area (Å²) in [6.45, 7) is 10.4. The number of nitrogens with zero attached hydrogens (tertiary/aromatic N) is 6. The normalized spacial score (nSPS) is 16.7. The third-order valence-electron chi connectivity index (χ3n) is 9.81. The Labute approximate surface area is 279 Å². The van der Waals surface area contributed by atoms with Gasteiger partial charge in [-0.05, 0) is 67.8 Å². The van der Waals surface area contributed by atoms with E-state index in [2.05, 4.69) is 98.1 Å². The maximum Gasteiger partial charge on any atom is 0.300 e. The third-order valence-corrected chi connectivity index (χ3v) is 9.81. The van der Waals surface area contributed by atoms with Gasteiger partial charge in [-0.1, -0.05) is 12.1 Å². The Kier molecular flexibility index (Phi) is 8.04. The van der Waals surface area contributed by atoms with Crippen molar-refractivity contribution in [3.8, 4) is 11.5 Å². The molecule has 6 heterocycles. The molecule has 1 N–H and O–H groups in total. The van der Waals surface area contributed by atoms with Gasteiger partial charge in [0.05, 0.1) is 23.5 Å². The second-order valence-corrected chi connectivity index (χ2v) is 13.1. The highest BCUT2D eigenvalue weighted by Gasteiger charge is 2.20. The first-order chi connectivity index (χ1) is 23.5. The van der Waals surface area contributed by atoms with E-state index in [1.165, 1.54) is 85.1 Å². The number of carbonyl (C=O) groups is 1. The zero-order valence-electron chi connectivity index (χ0n) is 27.4. The fourth-order valence-corrected chi connectivity index (χ4v) is 6.49. The van der Waals surface area contributed by atoms with E-state index >= 15 is 0 Å². The van der Waals surface area contributed by atoms with Crippen LogP contribution in [-0.2, 0) is 4.79 Å². The van der Waals surface area contributed by atoms with Crippen molar-refractivity contribution in [2.75, 3.05) is 67.1 Å². The minimum atomic E-state index is -0.833. The van der Waals surface area contributed by atoms with Crippen LogP contribution in [0.4, 0.5) is 17.1 Å². The lowest BCUT2D eigenvalue weighted by Gasteiger charge is -2.33. The monoisotopic (exact) mass is 641 g/mol. The molecule has 4 fully saturated rings. The van der Waals surface area contributed by atoms with Gasteiger partial charge in [0, 0.05) is 86.2 Å². The van der Waals surface area contributed by atoms with E-state index in [-0.39, 0.29) is 0 Å². The van der Waals surface area contributed by atoms with E-state index in [9.17, 15) is 0 Å². The van der Waals surface area contributed by atoms with Crippen LogP contribution in [-0.4, -0.2) is 73.4 Å². The van der Waals surface area contributed by atoms with Crippen molar-refractivity contribution in [3.63, 3.8) is 0 Å². The quantitative estimate of drug-likeness (QED) is 0.180. The highest BCUT2D eigenvalue weighted by molar-refractivity contribution is 5.95. The molecule has 9 nitrogen and oxygen atoms in total. The number of fused-ring (bicyclic) bond motifs is 4. The maximum absolute atomic E-state index is 9.00. The van der Waals surface area contributed by atoms with Crippen LogP contribution >= 0.6 is 0 Å². The second kappa shape index (κ2) is 12.8. The Bertz CT molecular complexity index is 2100. The molecule has 1 aromatic heterocycles. The van der Waals surface area contributed by atoms with Crippen molar-refractivity contribution in [1.29, 1.82) is 0 Å². The van der Waals surface area contributed by atoms with Crippen molar-refractivity contribution in [3.05, 3.63) is 84.2 Å². The van der Waals surface area contributed by atoms with Crippen LogP contribution in [0.15, 0.2) is 83.3 Å². The minimum absolute atomic E-state index is 0.833. The second-order valence-electron chi connectivity index (χ2n) is 13.1. The molecule has 4 aromatic rings. The molecular formula is C39H41N6O3+. The average molecular weight is 642 g/mol. The van der Waals surface area contributed by atoms with E-state index < -0.39 is 5.97 Å². The standard InChI is InChI=1S/C19H19N3.C18H18N3O.C2H4O2/c1-7-21(8-1)16-5-3-14-11-15-4-6-17(22-9-2-10-22)13-19(15)20-18(14)12-16;1-7-20(8-1)13-3-5-15-17(11-13)22-18-12-14(21-9-2-10-21)4-6-16(18)19-15;1-2(3)4/h3-6,11-13H,1-2,7-10H2;3-6,11-12H,1-2,7-10H2;1H3,(H,3,4)/q;+1;. The topological polar surface area (TPSA) is 89.0 Å². The van der Waals surface area contributed by atoms with Crippen molar-refractivity contribution in [1.82, 2.24) is 14.5 Å². The largest absolute Gasteiger partial charge is 0.481 e. The summed E-state index contributed by atoms with van der Waals surface area (Å²) >= 11 is 0. The molecule has 10 rings (SSSR count). The number of hydrogen-bond donors (Lipinski definition) is 1. The molecular weight excluding hydrogens is 600 g/mol. The van der Waals surface area contributed by atoms with E-state index in [0.29, 0.717) is 0 Å². The summed E-state index contributed by atoms with van der Waals surface area (Å²) in [5, 5.41) is 11.1. The number of carboxylic acids is 1. The zero-order valence-corrected chi connectivity index (χ0v) is 27.4. The van der Waals surface area contributed by atoms with Crippen LogP contribution in [0.3, 0.4) is 0 Å². The van der Waals surface area contributed by atoms with Crippen molar-refractivity contribution < 1.29 is 14.3 Å².